The van der Waals surface area contributed by atoms with Gasteiger partial charge in [-0.05, 0) is 25.8 Å². The molecule has 82 valence electrons. The average Bonchev–Trinajstić information content (AvgIpc) is 2.12. The third kappa shape index (κ3) is 4.63. The van der Waals surface area contributed by atoms with Crippen LogP contribution in [0.4, 0.5) is 0 Å². The highest BCUT2D eigenvalue weighted by molar-refractivity contribution is 4.77. The van der Waals surface area contributed by atoms with Gasteiger partial charge < -0.3 is 10.4 Å². The van der Waals surface area contributed by atoms with E-state index < -0.39 is 0 Å². The fraction of sp³-hybridized carbons (Fsp3) is 1.00. The molecule has 4 unspecified atom stereocenters. The van der Waals surface area contributed by atoms with Gasteiger partial charge in [0.1, 0.15) is 0 Å². The van der Waals surface area contributed by atoms with Crippen LogP contribution in [-0.4, -0.2) is 24.3 Å². The van der Waals surface area contributed by atoms with Gasteiger partial charge in [0, 0.05) is 6.04 Å². The molecule has 0 radical (unpaired) electrons. The lowest BCUT2D eigenvalue weighted by atomic mass is 9.86. The summed E-state index contributed by atoms with van der Waals surface area (Å²) in [5.41, 5.74) is 0. The van der Waals surface area contributed by atoms with E-state index in [4.69, 9.17) is 0 Å². The molecule has 0 rings (SSSR count). The minimum absolute atomic E-state index is 0. The van der Waals surface area contributed by atoms with E-state index in [2.05, 4.69) is 26.1 Å². The lowest BCUT2D eigenvalue weighted by Crippen LogP contribution is -2.40. The van der Waals surface area contributed by atoms with Crippen molar-refractivity contribution >= 4 is 0 Å². The first-order valence-electron chi connectivity index (χ1n) is 4.89. The van der Waals surface area contributed by atoms with Gasteiger partial charge in [-0.2, -0.15) is 0 Å². The lowest BCUT2D eigenvalue weighted by Gasteiger charge is -2.28. The van der Waals surface area contributed by atoms with Gasteiger partial charge in [-0.3, -0.25) is 0 Å². The Hall–Kier alpha value is -0.0800. The van der Waals surface area contributed by atoms with Crippen molar-refractivity contribution in [1.82, 2.24) is 5.32 Å². The van der Waals surface area contributed by atoms with Crippen LogP contribution < -0.4 is 5.32 Å². The Morgan fingerprint density at radius 2 is 1.69 bits per heavy atom. The predicted molar refractivity (Wildman–Crippen MR) is 59.9 cm³/mol. The monoisotopic (exact) mass is 189 g/mol. The van der Waals surface area contributed by atoms with Crippen LogP contribution in [0, 0.1) is 11.8 Å². The molecule has 2 nitrogen and oxygen atoms in total. The molecular formula is C11H27NO. The zero-order chi connectivity index (χ0) is 9.72. The van der Waals surface area contributed by atoms with Crippen LogP contribution in [0.15, 0.2) is 0 Å². The van der Waals surface area contributed by atoms with Gasteiger partial charge in [-0.25, -0.2) is 0 Å². The van der Waals surface area contributed by atoms with Crippen LogP contribution in [0.3, 0.4) is 0 Å². The molecule has 0 aliphatic heterocycles. The minimum Gasteiger partial charge on any atom is -0.391 e. The van der Waals surface area contributed by atoms with Crippen LogP contribution in [0.1, 0.15) is 41.5 Å². The molecule has 0 saturated heterocycles. The van der Waals surface area contributed by atoms with Crippen LogP contribution >= 0.6 is 0 Å². The molecule has 0 saturated carbocycles. The van der Waals surface area contributed by atoms with E-state index in [1.807, 2.05) is 14.0 Å². The summed E-state index contributed by atoms with van der Waals surface area (Å²) >= 11 is 0. The normalized spacial score (nSPS) is 19.8. The number of aliphatic hydroxyl groups excluding tert-OH is 1. The van der Waals surface area contributed by atoms with Crippen LogP contribution in [0.2, 0.25) is 0 Å². The molecule has 2 N–H and O–H groups in total. The van der Waals surface area contributed by atoms with Crippen molar-refractivity contribution < 1.29 is 5.11 Å². The predicted octanol–water partition coefficient (Wildman–Crippen LogP) is 2.27. The smallest absolute Gasteiger partial charge is 0.0718 e. The van der Waals surface area contributed by atoms with Gasteiger partial charge in [-0.15, -0.1) is 0 Å². The number of likely N-dealkylation sites (N-methyl/N-ethyl adjacent to an activating group) is 1. The van der Waals surface area contributed by atoms with Crippen molar-refractivity contribution in [3.05, 3.63) is 0 Å². The summed E-state index contributed by atoms with van der Waals surface area (Å²) in [6.45, 7) is 8.49. The number of rotatable bonds is 5. The highest BCUT2D eigenvalue weighted by atomic mass is 16.3. The largest absolute Gasteiger partial charge is 0.391 e. The maximum Gasteiger partial charge on any atom is 0.0718 e. The molecule has 0 heterocycles. The van der Waals surface area contributed by atoms with Crippen LogP contribution in [0.5, 0.6) is 0 Å². The number of hydrogen-bond donors (Lipinski definition) is 2. The van der Waals surface area contributed by atoms with E-state index in [-0.39, 0.29) is 19.6 Å². The highest BCUT2D eigenvalue weighted by Gasteiger charge is 2.23. The van der Waals surface area contributed by atoms with E-state index in [9.17, 15) is 5.11 Å². The molecule has 0 bridgehead atoms. The molecule has 0 aliphatic rings. The van der Waals surface area contributed by atoms with E-state index in [0.717, 1.165) is 6.42 Å². The topological polar surface area (TPSA) is 32.3 Å². The number of aliphatic hydroxyl groups is 1. The number of hydrogen-bond acceptors (Lipinski definition) is 2. The van der Waals surface area contributed by atoms with Crippen molar-refractivity contribution in [1.29, 1.82) is 0 Å². The summed E-state index contributed by atoms with van der Waals surface area (Å²) in [5.74, 6) is 0.966. The molecule has 0 spiro atoms. The van der Waals surface area contributed by atoms with Gasteiger partial charge >= 0.3 is 0 Å². The Balaban J connectivity index is 0. The molecule has 0 fully saturated rings. The second-order valence-corrected chi connectivity index (χ2v) is 3.81. The Morgan fingerprint density at radius 3 is 2.00 bits per heavy atom. The van der Waals surface area contributed by atoms with Gasteiger partial charge in [-0.1, -0.05) is 34.6 Å². The van der Waals surface area contributed by atoms with Crippen LogP contribution in [0.25, 0.3) is 0 Å². The summed E-state index contributed by atoms with van der Waals surface area (Å²) < 4.78 is 0. The third-order valence-electron chi connectivity index (χ3n) is 3.05. The van der Waals surface area contributed by atoms with Gasteiger partial charge in [0.15, 0.2) is 0 Å². The molecule has 0 aromatic rings. The minimum atomic E-state index is -0.232. The Bertz CT molecular complexity index is 103. The van der Waals surface area contributed by atoms with E-state index in [1.165, 1.54) is 0 Å². The van der Waals surface area contributed by atoms with Crippen LogP contribution in [-0.2, 0) is 0 Å². The van der Waals surface area contributed by atoms with Crippen molar-refractivity contribution in [2.24, 2.45) is 11.8 Å². The summed E-state index contributed by atoms with van der Waals surface area (Å²) in [7, 11) is 1.89. The lowest BCUT2D eigenvalue weighted by molar-refractivity contribution is 0.0588. The molecule has 4 atom stereocenters. The third-order valence-corrected chi connectivity index (χ3v) is 3.05. The molecule has 13 heavy (non-hydrogen) atoms. The highest BCUT2D eigenvalue weighted by Crippen LogP contribution is 2.20. The Kier molecular flexibility index (Phi) is 8.69. The van der Waals surface area contributed by atoms with Crippen molar-refractivity contribution in [3.8, 4) is 0 Å². The van der Waals surface area contributed by atoms with E-state index in [1.54, 1.807) is 0 Å². The summed E-state index contributed by atoms with van der Waals surface area (Å²) in [6.07, 6.45) is 0.902. The molecule has 0 aromatic heterocycles. The fourth-order valence-electron chi connectivity index (χ4n) is 1.33. The maximum absolute atomic E-state index is 9.83. The first-order chi connectivity index (χ1) is 5.54. The van der Waals surface area contributed by atoms with Crippen molar-refractivity contribution in [3.63, 3.8) is 0 Å². The van der Waals surface area contributed by atoms with Gasteiger partial charge in [0.2, 0.25) is 0 Å². The van der Waals surface area contributed by atoms with Gasteiger partial charge in [0.05, 0.1) is 6.10 Å². The second-order valence-electron chi connectivity index (χ2n) is 3.81. The van der Waals surface area contributed by atoms with E-state index in [0.29, 0.717) is 11.8 Å². The summed E-state index contributed by atoms with van der Waals surface area (Å²) in [4.78, 5) is 0. The Morgan fingerprint density at radius 1 is 1.23 bits per heavy atom. The first-order valence-corrected chi connectivity index (χ1v) is 4.89. The fourth-order valence-corrected chi connectivity index (χ4v) is 1.33. The molecule has 0 amide bonds. The van der Waals surface area contributed by atoms with Gasteiger partial charge in [0.25, 0.3) is 0 Å². The molecule has 2 heteroatoms. The van der Waals surface area contributed by atoms with E-state index >= 15 is 0 Å². The van der Waals surface area contributed by atoms with Crippen molar-refractivity contribution in [2.45, 2.75) is 53.7 Å². The quantitative estimate of drug-likeness (QED) is 0.695. The zero-order valence-corrected chi connectivity index (χ0v) is 8.96. The van der Waals surface area contributed by atoms with Crippen molar-refractivity contribution in [2.75, 3.05) is 7.05 Å². The summed E-state index contributed by atoms with van der Waals surface area (Å²) in [6, 6.07) is 0.189. The molecular weight excluding hydrogens is 162 g/mol. The molecule has 0 aromatic carbocycles. The average molecular weight is 189 g/mol. The standard InChI is InChI=1S/C10H23NO.CH4/c1-6-7(2)8(3)10(12)9(4)11-5;/h7-12H,6H2,1-5H3;1H4. The second kappa shape index (κ2) is 7.34. The molecule has 0 aliphatic carbocycles. The zero-order valence-electron chi connectivity index (χ0n) is 8.96. The summed E-state index contributed by atoms with van der Waals surface area (Å²) in [5, 5.41) is 12.9. The SMILES string of the molecule is C.CCC(C)C(C)C(O)C(C)NC. The Labute approximate surface area is 83.7 Å². The first kappa shape index (κ1) is 15.4. The maximum atomic E-state index is 9.83. The number of nitrogens with one attached hydrogen (secondary N) is 1.